The van der Waals surface area contributed by atoms with Gasteiger partial charge in [0.25, 0.3) is 0 Å². The third kappa shape index (κ3) is 25.9. The van der Waals surface area contributed by atoms with Crippen molar-refractivity contribution in [3.63, 3.8) is 0 Å². The second-order valence-corrected chi connectivity index (χ2v) is 8.30. The van der Waals surface area contributed by atoms with Gasteiger partial charge in [-0.1, -0.05) is 116 Å². The van der Waals surface area contributed by atoms with Crippen LogP contribution in [0.5, 0.6) is 0 Å². The fourth-order valence-corrected chi connectivity index (χ4v) is 3.68. The van der Waals surface area contributed by atoms with E-state index in [0.29, 0.717) is 0 Å². The third-order valence-corrected chi connectivity index (χ3v) is 5.51. The molecule has 0 saturated carbocycles. The van der Waals surface area contributed by atoms with Crippen molar-refractivity contribution in [3.05, 3.63) is 0 Å². The van der Waals surface area contributed by atoms with Gasteiger partial charge in [-0.2, -0.15) is 0 Å². The van der Waals surface area contributed by atoms with Crippen LogP contribution in [0.2, 0.25) is 0 Å². The second kappa shape index (κ2) is 25.9. The van der Waals surface area contributed by atoms with Gasteiger partial charge < -0.3 is 16.4 Å². The van der Waals surface area contributed by atoms with Crippen LogP contribution in [0.1, 0.15) is 122 Å². The second-order valence-electron chi connectivity index (χ2n) is 8.30. The number of nitrogens with one attached hydrogen (secondary N) is 2. The van der Waals surface area contributed by atoms with Gasteiger partial charge in [-0.25, -0.2) is 0 Å². The molecular weight excluding hydrogens is 330 g/mol. The Morgan fingerprint density at radius 3 is 1.11 bits per heavy atom. The Hall–Kier alpha value is -0.120. The monoisotopic (exact) mass is 383 g/mol. The lowest BCUT2D eigenvalue weighted by Crippen LogP contribution is -2.31. The molecule has 0 aliphatic carbocycles. The summed E-state index contributed by atoms with van der Waals surface area (Å²) in [5.41, 5.74) is 5.44. The van der Waals surface area contributed by atoms with Gasteiger partial charge in [-0.3, -0.25) is 0 Å². The molecule has 0 aliphatic heterocycles. The maximum absolute atomic E-state index is 5.44. The maximum Gasteiger partial charge on any atom is 0.00772 e. The van der Waals surface area contributed by atoms with Crippen molar-refractivity contribution in [2.24, 2.45) is 5.73 Å². The molecule has 0 aromatic carbocycles. The number of nitrogens with two attached hydrogens (primary N) is 1. The molecule has 0 aromatic rings. The lowest BCUT2D eigenvalue weighted by molar-refractivity contribution is 0.521. The molecule has 0 heterocycles. The zero-order valence-corrected chi connectivity index (χ0v) is 18.8. The highest BCUT2D eigenvalue weighted by molar-refractivity contribution is 4.54. The maximum atomic E-state index is 5.44. The molecular formula is C24H53N3. The fourth-order valence-electron chi connectivity index (χ4n) is 3.68. The van der Waals surface area contributed by atoms with E-state index in [1.54, 1.807) is 0 Å². The van der Waals surface area contributed by atoms with Crippen molar-refractivity contribution < 1.29 is 0 Å². The van der Waals surface area contributed by atoms with Crippen LogP contribution >= 0.6 is 0 Å². The summed E-state index contributed by atoms with van der Waals surface area (Å²) in [7, 11) is 0. The number of rotatable bonds is 24. The van der Waals surface area contributed by atoms with Crippen molar-refractivity contribution in [3.8, 4) is 0 Å². The van der Waals surface area contributed by atoms with Crippen molar-refractivity contribution in [1.29, 1.82) is 0 Å². The summed E-state index contributed by atoms with van der Waals surface area (Å²) in [6.07, 6.45) is 26.0. The SMILES string of the molecule is CCCCCCCCCCCCCCCCCCCCNCCNCCN. The fraction of sp³-hybridized carbons (Fsp3) is 1.00. The molecule has 0 aliphatic rings. The molecule has 27 heavy (non-hydrogen) atoms. The molecule has 0 radical (unpaired) electrons. The standard InChI is InChI=1S/C24H53N3/c1-2-3-4-5-6-7-8-9-10-11-12-13-14-15-16-17-18-19-21-26-23-24-27-22-20-25/h26-27H,2-25H2,1H3. The average Bonchev–Trinajstić information content (AvgIpc) is 2.68. The van der Waals surface area contributed by atoms with Gasteiger partial charge in [0.15, 0.2) is 0 Å². The highest BCUT2D eigenvalue weighted by Crippen LogP contribution is 2.14. The highest BCUT2D eigenvalue weighted by Gasteiger charge is 1.95. The van der Waals surface area contributed by atoms with Crippen LogP contribution in [-0.2, 0) is 0 Å². The minimum absolute atomic E-state index is 0.735. The molecule has 0 unspecified atom stereocenters. The van der Waals surface area contributed by atoms with E-state index in [-0.39, 0.29) is 0 Å². The van der Waals surface area contributed by atoms with Crippen molar-refractivity contribution in [1.82, 2.24) is 10.6 Å². The first-order chi connectivity index (χ1) is 13.4. The summed E-state index contributed by atoms with van der Waals surface area (Å²) in [6.45, 7) is 7.24. The number of hydrogen-bond acceptors (Lipinski definition) is 3. The first-order valence-electron chi connectivity index (χ1n) is 12.5. The van der Waals surface area contributed by atoms with Crippen molar-refractivity contribution >= 4 is 0 Å². The molecule has 0 spiro atoms. The van der Waals surface area contributed by atoms with Crippen LogP contribution in [0, 0.1) is 0 Å². The van der Waals surface area contributed by atoms with E-state index in [1.807, 2.05) is 0 Å². The van der Waals surface area contributed by atoms with Crippen LogP contribution in [0.4, 0.5) is 0 Å². The van der Waals surface area contributed by atoms with Gasteiger partial charge in [0.05, 0.1) is 0 Å². The Morgan fingerprint density at radius 2 is 0.741 bits per heavy atom. The van der Waals surface area contributed by atoms with E-state index in [0.717, 1.165) is 26.2 Å². The molecule has 0 atom stereocenters. The first kappa shape index (κ1) is 26.9. The summed E-state index contributed by atoms with van der Waals surface area (Å²) < 4.78 is 0. The Bertz CT molecular complexity index is 222. The molecule has 0 saturated heterocycles. The lowest BCUT2D eigenvalue weighted by Gasteiger charge is -2.06. The Balaban J connectivity index is 2.95. The van der Waals surface area contributed by atoms with Gasteiger partial charge >= 0.3 is 0 Å². The Morgan fingerprint density at radius 1 is 0.407 bits per heavy atom. The van der Waals surface area contributed by atoms with E-state index in [1.165, 1.54) is 122 Å². The van der Waals surface area contributed by atoms with Crippen molar-refractivity contribution in [2.45, 2.75) is 122 Å². The molecule has 0 bridgehead atoms. The van der Waals surface area contributed by atoms with Gasteiger partial charge in [0, 0.05) is 26.2 Å². The predicted octanol–water partition coefficient (Wildman–Crippen LogP) is 6.17. The van der Waals surface area contributed by atoms with Crippen LogP contribution in [0.3, 0.4) is 0 Å². The minimum Gasteiger partial charge on any atom is -0.329 e. The molecule has 0 amide bonds. The molecule has 0 fully saturated rings. The molecule has 4 N–H and O–H groups in total. The molecule has 164 valence electrons. The van der Waals surface area contributed by atoms with Gasteiger partial charge in [0.1, 0.15) is 0 Å². The zero-order chi connectivity index (χ0) is 19.7. The van der Waals surface area contributed by atoms with Gasteiger partial charge in [-0.05, 0) is 13.0 Å². The van der Waals surface area contributed by atoms with Crippen LogP contribution in [-0.4, -0.2) is 32.7 Å². The van der Waals surface area contributed by atoms with E-state index in [9.17, 15) is 0 Å². The predicted molar refractivity (Wildman–Crippen MR) is 124 cm³/mol. The van der Waals surface area contributed by atoms with E-state index in [4.69, 9.17) is 5.73 Å². The normalized spacial score (nSPS) is 11.3. The Kier molecular flexibility index (Phi) is 25.8. The smallest absolute Gasteiger partial charge is 0.00772 e. The van der Waals surface area contributed by atoms with E-state index < -0.39 is 0 Å². The molecule has 0 rings (SSSR count). The van der Waals surface area contributed by atoms with E-state index in [2.05, 4.69) is 17.6 Å². The molecule has 0 aromatic heterocycles. The largest absolute Gasteiger partial charge is 0.329 e. The average molecular weight is 384 g/mol. The summed E-state index contributed by atoms with van der Waals surface area (Å²) in [5, 5.41) is 6.80. The first-order valence-corrected chi connectivity index (χ1v) is 12.5. The van der Waals surface area contributed by atoms with Crippen LogP contribution in [0.25, 0.3) is 0 Å². The molecule has 3 nitrogen and oxygen atoms in total. The van der Waals surface area contributed by atoms with Gasteiger partial charge in [0.2, 0.25) is 0 Å². The highest BCUT2D eigenvalue weighted by atomic mass is 14.9. The van der Waals surface area contributed by atoms with Crippen LogP contribution in [0.15, 0.2) is 0 Å². The third-order valence-electron chi connectivity index (χ3n) is 5.51. The minimum atomic E-state index is 0.735. The quantitative estimate of drug-likeness (QED) is 0.175. The van der Waals surface area contributed by atoms with Crippen molar-refractivity contribution in [2.75, 3.05) is 32.7 Å². The Labute approximate surface area is 172 Å². The van der Waals surface area contributed by atoms with E-state index >= 15 is 0 Å². The summed E-state index contributed by atoms with van der Waals surface area (Å²) >= 11 is 0. The van der Waals surface area contributed by atoms with Crippen LogP contribution < -0.4 is 16.4 Å². The number of hydrogen-bond donors (Lipinski definition) is 3. The summed E-state index contributed by atoms with van der Waals surface area (Å²) in [6, 6.07) is 0. The molecule has 3 heteroatoms. The number of unbranched alkanes of at least 4 members (excludes halogenated alkanes) is 17. The topological polar surface area (TPSA) is 50.1 Å². The summed E-state index contributed by atoms with van der Waals surface area (Å²) in [5.74, 6) is 0. The van der Waals surface area contributed by atoms with Gasteiger partial charge in [-0.15, -0.1) is 0 Å². The zero-order valence-electron chi connectivity index (χ0n) is 18.8. The lowest BCUT2D eigenvalue weighted by atomic mass is 10.0. The summed E-state index contributed by atoms with van der Waals surface area (Å²) in [4.78, 5) is 0.